The molecule has 1 atom stereocenters. The van der Waals surface area contributed by atoms with E-state index in [9.17, 15) is 4.79 Å². The Labute approximate surface area is 114 Å². The van der Waals surface area contributed by atoms with Gasteiger partial charge in [0.15, 0.2) is 0 Å². The van der Waals surface area contributed by atoms with Crippen LogP contribution in [-0.4, -0.2) is 24.7 Å². The number of thioether (sulfide) groups is 1. The first-order chi connectivity index (χ1) is 8.11. The summed E-state index contributed by atoms with van der Waals surface area (Å²) in [6.07, 6.45) is 0.845. The summed E-state index contributed by atoms with van der Waals surface area (Å²) in [6.45, 7) is 2.91. The van der Waals surface area contributed by atoms with Crippen molar-refractivity contribution in [3.63, 3.8) is 0 Å². The lowest BCUT2D eigenvalue weighted by atomic mass is 10.2. The second-order valence-corrected chi connectivity index (χ2v) is 6.21. The van der Waals surface area contributed by atoms with Crippen LogP contribution in [0.3, 0.4) is 0 Å². The van der Waals surface area contributed by atoms with E-state index < -0.39 is 0 Å². The van der Waals surface area contributed by atoms with E-state index in [1.807, 2.05) is 13.1 Å². The number of halogens is 1. The van der Waals surface area contributed by atoms with E-state index >= 15 is 0 Å². The minimum absolute atomic E-state index is 0.00338. The highest BCUT2D eigenvalue weighted by Crippen LogP contribution is 2.41. The molecule has 1 unspecified atom stereocenters. The summed E-state index contributed by atoms with van der Waals surface area (Å²) < 4.78 is 0.959. The fraction of sp³-hybridized carbons (Fsp3) is 0.417. The predicted molar refractivity (Wildman–Crippen MR) is 75.7 cm³/mol. The average molecular weight is 315 g/mol. The lowest BCUT2D eigenvalue weighted by molar-refractivity contribution is -0.115. The van der Waals surface area contributed by atoms with E-state index in [1.165, 1.54) is 5.56 Å². The number of hydrogen-bond donors (Lipinski definition) is 2. The lowest BCUT2D eigenvalue weighted by Crippen LogP contribution is -2.31. The molecule has 1 amide bonds. The van der Waals surface area contributed by atoms with Crippen LogP contribution in [0.4, 0.5) is 5.69 Å². The molecular weight excluding hydrogens is 300 g/mol. The highest BCUT2D eigenvalue weighted by atomic mass is 79.9. The van der Waals surface area contributed by atoms with Crippen LogP contribution in [0.1, 0.15) is 12.0 Å². The van der Waals surface area contributed by atoms with Crippen molar-refractivity contribution >= 4 is 39.3 Å². The maximum atomic E-state index is 11.9. The molecule has 1 aromatic carbocycles. The van der Waals surface area contributed by atoms with Crippen LogP contribution in [0.5, 0.6) is 0 Å². The maximum Gasteiger partial charge on any atom is 0.237 e. The van der Waals surface area contributed by atoms with Crippen LogP contribution in [0, 0.1) is 6.92 Å². The normalized spacial score (nSPS) is 18.8. The third-order valence-electron chi connectivity index (χ3n) is 2.66. The fourth-order valence-electron chi connectivity index (χ4n) is 1.80. The summed E-state index contributed by atoms with van der Waals surface area (Å²) in [5.74, 6) is 0.0994. The van der Waals surface area contributed by atoms with Crippen molar-refractivity contribution in [3.8, 4) is 0 Å². The Morgan fingerprint density at radius 1 is 1.53 bits per heavy atom. The van der Waals surface area contributed by atoms with E-state index in [0.717, 1.165) is 28.0 Å². The van der Waals surface area contributed by atoms with E-state index in [2.05, 4.69) is 39.6 Å². The molecule has 5 heteroatoms. The van der Waals surface area contributed by atoms with Gasteiger partial charge < -0.3 is 10.6 Å². The highest BCUT2D eigenvalue weighted by molar-refractivity contribution is 9.10. The molecule has 0 spiro atoms. The molecule has 0 fully saturated rings. The van der Waals surface area contributed by atoms with Gasteiger partial charge in [0, 0.05) is 9.37 Å². The van der Waals surface area contributed by atoms with Gasteiger partial charge in [0.25, 0.3) is 0 Å². The predicted octanol–water partition coefficient (Wildman–Crippen LogP) is 2.78. The Morgan fingerprint density at radius 2 is 2.29 bits per heavy atom. The Morgan fingerprint density at radius 3 is 3.00 bits per heavy atom. The molecule has 1 aliphatic heterocycles. The van der Waals surface area contributed by atoms with Crippen LogP contribution in [0.25, 0.3) is 0 Å². The third-order valence-corrected chi connectivity index (χ3v) is 4.60. The van der Waals surface area contributed by atoms with Gasteiger partial charge >= 0.3 is 0 Å². The Hall–Kier alpha value is -0.520. The van der Waals surface area contributed by atoms with E-state index in [4.69, 9.17) is 0 Å². The molecule has 17 heavy (non-hydrogen) atoms. The summed E-state index contributed by atoms with van der Waals surface area (Å²) in [4.78, 5) is 13.1. The summed E-state index contributed by atoms with van der Waals surface area (Å²) in [5, 5.41) is 6.06. The molecule has 1 heterocycles. The SMILES string of the molecule is CNCCC1Sc2cc(C)cc(Br)c2NC1=O. The Kier molecular flexibility index (Phi) is 4.12. The van der Waals surface area contributed by atoms with Crippen molar-refractivity contribution in [3.05, 3.63) is 22.2 Å². The molecule has 0 bridgehead atoms. The van der Waals surface area contributed by atoms with Crippen molar-refractivity contribution in [2.75, 3.05) is 18.9 Å². The highest BCUT2D eigenvalue weighted by Gasteiger charge is 2.27. The summed E-state index contributed by atoms with van der Waals surface area (Å²) in [7, 11) is 1.90. The van der Waals surface area contributed by atoms with Crippen LogP contribution in [-0.2, 0) is 4.79 Å². The van der Waals surface area contributed by atoms with Gasteiger partial charge in [0.05, 0.1) is 10.9 Å². The van der Waals surface area contributed by atoms with Crippen LogP contribution < -0.4 is 10.6 Å². The number of carbonyl (C=O) groups excluding carboxylic acids is 1. The van der Waals surface area contributed by atoms with Crippen molar-refractivity contribution < 1.29 is 4.79 Å². The zero-order chi connectivity index (χ0) is 12.4. The number of aryl methyl sites for hydroxylation is 1. The van der Waals surface area contributed by atoms with Gasteiger partial charge in [-0.25, -0.2) is 0 Å². The molecule has 0 radical (unpaired) electrons. The molecule has 1 aliphatic rings. The van der Waals surface area contributed by atoms with Gasteiger partial charge in [0.2, 0.25) is 5.91 Å². The van der Waals surface area contributed by atoms with E-state index in [0.29, 0.717) is 0 Å². The number of rotatable bonds is 3. The molecule has 3 nitrogen and oxygen atoms in total. The van der Waals surface area contributed by atoms with Gasteiger partial charge in [-0.3, -0.25) is 4.79 Å². The third kappa shape index (κ3) is 2.84. The van der Waals surface area contributed by atoms with Crippen LogP contribution in [0.15, 0.2) is 21.5 Å². The minimum Gasteiger partial charge on any atom is -0.323 e. The molecule has 0 aliphatic carbocycles. The summed E-state index contributed by atoms with van der Waals surface area (Å²) >= 11 is 5.14. The van der Waals surface area contributed by atoms with Crippen molar-refractivity contribution in [1.29, 1.82) is 0 Å². The van der Waals surface area contributed by atoms with Crippen molar-refractivity contribution in [2.45, 2.75) is 23.5 Å². The second kappa shape index (κ2) is 5.42. The molecule has 1 aromatic rings. The number of amides is 1. The number of carbonyl (C=O) groups is 1. The van der Waals surface area contributed by atoms with E-state index in [-0.39, 0.29) is 11.2 Å². The standard InChI is InChI=1S/C12H15BrN2OS/c1-7-5-8(13)11-10(6-7)17-9(3-4-14-2)12(16)15-11/h5-6,9,14H,3-4H2,1-2H3,(H,15,16). The smallest absolute Gasteiger partial charge is 0.237 e. The Balaban J connectivity index is 2.24. The quantitative estimate of drug-likeness (QED) is 0.901. The first-order valence-corrected chi connectivity index (χ1v) is 7.21. The summed E-state index contributed by atoms with van der Waals surface area (Å²) in [5.41, 5.74) is 2.11. The average Bonchev–Trinajstić information content (AvgIpc) is 2.27. The monoisotopic (exact) mass is 314 g/mol. The lowest BCUT2D eigenvalue weighted by Gasteiger charge is -2.25. The van der Waals surface area contributed by atoms with Gasteiger partial charge in [-0.05, 0) is 60.6 Å². The molecule has 2 N–H and O–H groups in total. The van der Waals surface area contributed by atoms with Gasteiger partial charge in [0.1, 0.15) is 0 Å². The molecule has 0 saturated carbocycles. The second-order valence-electron chi connectivity index (χ2n) is 4.11. The molecular formula is C12H15BrN2OS. The fourth-order valence-corrected chi connectivity index (χ4v) is 3.85. The van der Waals surface area contributed by atoms with Crippen molar-refractivity contribution in [2.24, 2.45) is 0 Å². The number of benzene rings is 1. The number of nitrogens with one attached hydrogen (secondary N) is 2. The van der Waals surface area contributed by atoms with Gasteiger partial charge in [-0.15, -0.1) is 11.8 Å². The first kappa shape index (κ1) is 12.9. The zero-order valence-electron chi connectivity index (χ0n) is 9.84. The van der Waals surface area contributed by atoms with Crippen molar-refractivity contribution in [1.82, 2.24) is 5.32 Å². The van der Waals surface area contributed by atoms with Gasteiger partial charge in [-0.1, -0.05) is 0 Å². The number of fused-ring (bicyclic) bond motifs is 1. The first-order valence-electron chi connectivity index (χ1n) is 5.54. The van der Waals surface area contributed by atoms with Gasteiger partial charge in [-0.2, -0.15) is 0 Å². The largest absolute Gasteiger partial charge is 0.323 e. The zero-order valence-corrected chi connectivity index (χ0v) is 12.2. The number of anilines is 1. The summed E-state index contributed by atoms with van der Waals surface area (Å²) in [6, 6.07) is 4.14. The number of hydrogen-bond acceptors (Lipinski definition) is 3. The maximum absolute atomic E-state index is 11.9. The van der Waals surface area contributed by atoms with E-state index in [1.54, 1.807) is 11.8 Å². The molecule has 2 rings (SSSR count). The minimum atomic E-state index is 0.00338. The molecule has 0 aromatic heterocycles. The Bertz CT molecular complexity index is 450. The molecule has 92 valence electrons. The van der Waals surface area contributed by atoms with Crippen LogP contribution >= 0.6 is 27.7 Å². The van der Waals surface area contributed by atoms with Crippen LogP contribution in [0.2, 0.25) is 0 Å². The topological polar surface area (TPSA) is 41.1 Å². The molecule has 0 saturated heterocycles.